The molecule has 0 aromatic heterocycles. The molecule has 8 aromatic carbocycles. The van der Waals surface area contributed by atoms with Crippen LogP contribution < -0.4 is 31.9 Å². The molecule has 0 aliphatic rings. The highest BCUT2D eigenvalue weighted by Gasteiger charge is 2.29. The van der Waals surface area contributed by atoms with E-state index in [-0.39, 0.29) is 56.6 Å². The molecule has 0 spiro atoms. The molecular formula is C49H40N6O21S6. The maximum atomic E-state index is 13.5. The van der Waals surface area contributed by atoms with Crippen molar-refractivity contribution < 1.29 is 92.2 Å². The second kappa shape index (κ2) is 21.8. The zero-order chi connectivity index (χ0) is 60.2. The number of fused-ring (bicyclic) bond motifs is 2. The van der Waals surface area contributed by atoms with E-state index >= 15 is 0 Å². The fourth-order valence-corrected chi connectivity index (χ4v) is 12.5. The number of carbonyl (C=O) groups excluding carboxylic acids is 3. The van der Waals surface area contributed by atoms with Crippen LogP contribution >= 0.6 is 0 Å². The average Bonchev–Trinajstić information content (AvgIpc) is 3.57. The van der Waals surface area contributed by atoms with Crippen molar-refractivity contribution in [3.8, 4) is 0 Å². The zero-order valence-electron chi connectivity index (χ0n) is 41.5. The molecule has 33 heteroatoms. The van der Waals surface area contributed by atoms with Crippen LogP contribution in [0.1, 0.15) is 31.8 Å². The lowest BCUT2D eigenvalue weighted by atomic mass is 10.1. The topological polar surface area (TPSA) is 450 Å². The van der Waals surface area contributed by atoms with Crippen LogP contribution in [0.4, 0.5) is 50.3 Å². The normalized spacial score (nSPS) is 12.4. The van der Waals surface area contributed by atoms with Crippen molar-refractivity contribution in [2.75, 3.05) is 31.9 Å². The Labute approximate surface area is 465 Å². The van der Waals surface area contributed by atoms with Crippen LogP contribution in [-0.2, 0) is 60.7 Å². The fraction of sp³-hybridized carbons (Fsp3) is 0.0408. The Morgan fingerprint density at radius 1 is 0.341 bits per heavy atom. The summed E-state index contributed by atoms with van der Waals surface area (Å²) in [7, 11) is -31.3. The molecule has 0 heterocycles. The molecule has 0 aliphatic carbocycles. The Bertz CT molecular complexity index is 4490. The number of anilines is 8. The summed E-state index contributed by atoms with van der Waals surface area (Å²) < 4.78 is 206. The second-order valence-electron chi connectivity index (χ2n) is 17.7. The molecule has 27 nitrogen and oxygen atoms in total. The summed E-state index contributed by atoms with van der Waals surface area (Å²) in [6.07, 6.45) is 0. The Hall–Kier alpha value is -8.45. The van der Waals surface area contributed by atoms with Gasteiger partial charge in [-0.05, 0) is 146 Å². The molecule has 0 saturated carbocycles. The quantitative estimate of drug-likeness (QED) is 0.0412. The zero-order valence-corrected chi connectivity index (χ0v) is 46.4. The van der Waals surface area contributed by atoms with Gasteiger partial charge in [0.15, 0.2) is 0 Å². The van der Waals surface area contributed by atoms with E-state index < -0.39 is 129 Å². The molecule has 4 amide bonds. The standard InChI is InChI=1S/C49H40N6O21S6/c1-25-17-31(50-39-13-15-41(79(65,66)67)35-21-33(77(59,60)61)23-43(45(35)39)81(71,72)73)9-11-37(25)54-47(56)27-5-3-7-29(19-27)52-49(58)53-30-8-4-6-28(20-30)48(57)55-38-12-10-32(18-26(38)2)51-40-14-16-42(80(68,69)70)36-22-34(78(62,63)64)24-44(46(36)40)82(74,75)76/h3-24,50-51H,1-2H3,(H,54,56)(H,55,57)(H2,52,53,58)(H,59,60,61)(H,62,63,64)(H,65,66,67)(H,68,69,70)(H,71,72,73)(H,74,75,76). The van der Waals surface area contributed by atoms with Gasteiger partial charge in [-0.3, -0.25) is 36.9 Å². The van der Waals surface area contributed by atoms with Crippen molar-refractivity contribution in [3.63, 3.8) is 0 Å². The maximum Gasteiger partial charge on any atom is 0.323 e. The van der Waals surface area contributed by atoms with Gasteiger partial charge in [0.2, 0.25) is 0 Å². The molecule has 428 valence electrons. The number of carbonyl (C=O) groups is 3. The number of aryl methyl sites for hydroxylation is 2. The van der Waals surface area contributed by atoms with Gasteiger partial charge in [-0.2, -0.15) is 50.5 Å². The minimum absolute atomic E-state index is 0.0792. The first-order valence-corrected chi connectivity index (χ1v) is 31.3. The monoisotopic (exact) mass is 1240 g/mol. The molecule has 0 atom stereocenters. The first kappa shape index (κ1) is 59.7. The van der Waals surface area contributed by atoms with Crippen LogP contribution in [0.5, 0.6) is 0 Å². The Kier molecular flexibility index (Phi) is 15.9. The molecule has 0 bridgehead atoms. The fourth-order valence-electron chi connectivity index (χ4n) is 8.39. The van der Waals surface area contributed by atoms with Gasteiger partial charge in [-0.15, -0.1) is 0 Å². The third-order valence-corrected chi connectivity index (χ3v) is 17.2. The van der Waals surface area contributed by atoms with Gasteiger partial charge in [0.25, 0.3) is 72.5 Å². The number of benzene rings is 8. The smallest absolute Gasteiger partial charge is 0.323 e. The van der Waals surface area contributed by atoms with Crippen LogP contribution in [0.2, 0.25) is 0 Å². The molecule has 8 aromatic rings. The van der Waals surface area contributed by atoms with Crippen LogP contribution in [-0.4, -0.2) is 95.7 Å². The first-order chi connectivity index (χ1) is 37.9. The molecule has 0 unspecified atom stereocenters. The van der Waals surface area contributed by atoms with Gasteiger partial charge >= 0.3 is 6.03 Å². The minimum atomic E-state index is -5.32. The Morgan fingerprint density at radius 2 is 0.683 bits per heavy atom. The van der Waals surface area contributed by atoms with E-state index in [1.807, 2.05) is 0 Å². The van der Waals surface area contributed by atoms with E-state index in [1.165, 1.54) is 84.9 Å². The minimum Gasteiger partial charge on any atom is -0.355 e. The summed E-state index contributed by atoms with van der Waals surface area (Å²) in [5, 5.41) is 13.8. The molecule has 12 N–H and O–H groups in total. The van der Waals surface area contributed by atoms with Crippen molar-refractivity contribution in [1.29, 1.82) is 0 Å². The summed E-state index contributed by atoms with van der Waals surface area (Å²) in [4.78, 5) is 33.8. The van der Waals surface area contributed by atoms with E-state index in [0.29, 0.717) is 35.4 Å². The summed E-state index contributed by atoms with van der Waals surface area (Å²) in [5.74, 6) is -1.27. The van der Waals surface area contributed by atoms with Crippen molar-refractivity contribution in [2.24, 2.45) is 0 Å². The summed E-state index contributed by atoms with van der Waals surface area (Å²) in [6.45, 7) is 3.16. The third-order valence-electron chi connectivity index (χ3n) is 12.0. The van der Waals surface area contributed by atoms with Crippen LogP contribution in [0.3, 0.4) is 0 Å². The molecule has 0 fully saturated rings. The highest BCUT2D eigenvalue weighted by atomic mass is 32.2. The highest BCUT2D eigenvalue weighted by molar-refractivity contribution is 7.88. The van der Waals surface area contributed by atoms with E-state index in [2.05, 4.69) is 31.9 Å². The van der Waals surface area contributed by atoms with Gasteiger partial charge in [-0.25, -0.2) is 4.79 Å². The van der Waals surface area contributed by atoms with E-state index in [4.69, 9.17) is 0 Å². The van der Waals surface area contributed by atoms with Gasteiger partial charge in [0.1, 0.15) is 19.6 Å². The predicted molar refractivity (Wildman–Crippen MR) is 297 cm³/mol. The predicted octanol–water partition coefficient (Wildman–Crippen LogP) is 7.73. The van der Waals surface area contributed by atoms with Gasteiger partial charge in [0, 0.05) is 78.2 Å². The van der Waals surface area contributed by atoms with Crippen molar-refractivity contribution >= 4 is 146 Å². The molecule has 82 heavy (non-hydrogen) atoms. The number of urea groups is 1. The van der Waals surface area contributed by atoms with Crippen LogP contribution in [0.15, 0.2) is 163 Å². The van der Waals surface area contributed by atoms with Crippen molar-refractivity contribution in [3.05, 3.63) is 156 Å². The lowest BCUT2D eigenvalue weighted by molar-refractivity contribution is 0.101. The van der Waals surface area contributed by atoms with Crippen molar-refractivity contribution in [2.45, 2.75) is 43.2 Å². The molecular weight excluding hydrogens is 1200 g/mol. The van der Waals surface area contributed by atoms with Gasteiger partial charge in [-0.1, -0.05) is 12.1 Å². The lowest BCUT2D eigenvalue weighted by Gasteiger charge is -2.17. The first-order valence-electron chi connectivity index (χ1n) is 22.7. The molecule has 0 aliphatic heterocycles. The number of hydrogen-bond acceptors (Lipinski definition) is 17. The summed E-state index contributed by atoms with van der Waals surface area (Å²) in [5.41, 5.74) is 1.85. The van der Waals surface area contributed by atoms with E-state index in [0.717, 1.165) is 24.3 Å². The summed E-state index contributed by atoms with van der Waals surface area (Å²) in [6, 6.07) is 25.1. The maximum absolute atomic E-state index is 13.5. The molecule has 8 rings (SSSR count). The average molecular weight is 1240 g/mol. The Morgan fingerprint density at radius 3 is 1.00 bits per heavy atom. The van der Waals surface area contributed by atoms with E-state index in [1.54, 1.807) is 13.8 Å². The lowest BCUT2D eigenvalue weighted by Crippen LogP contribution is -2.20. The van der Waals surface area contributed by atoms with Gasteiger partial charge in [0.05, 0.1) is 9.79 Å². The third kappa shape index (κ3) is 13.3. The van der Waals surface area contributed by atoms with Gasteiger partial charge < -0.3 is 31.9 Å². The Balaban J connectivity index is 0.928. The SMILES string of the molecule is Cc1cc(Nc2ccc(S(=O)(=O)O)c3cc(S(=O)(=O)O)cc(S(=O)(=O)O)c23)ccc1NC(=O)c1cccc(NC(=O)Nc2cccc(C(=O)Nc3ccc(Nc4ccc(S(=O)(=O)O)c5cc(S(=O)(=O)O)cc(S(=O)(=O)O)c45)cc3C)c2)c1. The number of hydrogen-bond donors (Lipinski definition) is 12. The number of amides is 4. The number of rotatable bonds is 16. The molecule has 0 radical (unpaired) electrons. The largest absolute Gasteiger partial charge is 0.355 e. The van der Waals surface area contributed by atoms with Crippen LogP contribution in [0, 0.1) is 13.8 Å². The van der Waals surface area contributed by atoms with Crippen molar-refractivity contribution in [1.82, 2.24) is 0 Å². The summed E-state index contributed by atoms with van der Waals surface area (Å²) >= 11 is 0. The second-order valence-corrected chi connectivity index (χ2v) is 26.1. The van der Waals surface area contributed by atoms with Crippen LogP contribution in [0.25, 0.3) is 21.5 Å². The molecule has 0 saturated heterocycles. The number of nitrogens with one attached hydrogen (secondary N) is 6. The highest BCUT2D eigenvalue weighted by Crippen LogP contribution is 2.40. The van der Waals surface area contributed by atoms with E-state index in [9.17, 15) is 92.2 Å².